The van der Waals surface area contributed by atoms with Gasteiger partial charge < -0.3 is 9.73 Å². The minimum absolute atomic E-state index is 0.140. The molecule has 0 bridgehead atoms. The molecule has 0 fully saturated rings. The lowest BCUT2D eigenvalue weighted by Crippen LogP contribution is -2.12. The maximum absolute atomic E-state index is 12.9. The summed E-state index contributed by atoms with van der Waals surface area (Å²) in [6, 6.07) is 5.96. The largest absolute Gasteiger partial charge is 0.416 e. The van der Waals surface area contributed by atoms with Crippen LogP contribution in [0.1, 0.15) is 35.5 Å². The monoisotopic (exact) mass is 363 g/mol. The Morgan fingerprint density at radius 2 is 1.88 bits per heavy atom. The van der Waals surface area contributed by atoms with Crippen LogP contribution in [0.5, 0.6) is 0 Å². The zero-order valence-electron chi connectivity index (χ0n) is 14.3. The van der Waals surface area contributed by atoms with Gasteiger partial charge in [0.15, 0.2) is 0 Å². The van der Waals surface area contributed by atoms with Gasteiger partial charge in [0.05, 0.1) is 10.9 Å². The van der Waals surface area contributed by atoms with Crippen LogP contribution in [0.4, 0.5) is 19.0 Å². The Labute approximate surface area is 146 Å². The van der Waals surface area contributed by atoms with Gasteiger partial charge in [0, 0.05) is 12.1 Å². The minimum atomic E-state index is -4.41. The number of alkyl halides is 3. The van der Waals surface area contributed by atoms with E-state index in [1.165, 1.54) is 12.1 Å². The molecule has 5 nitrogen and oxygen atoms in total. The predicted molar refractivity (Wildman–Crippen MR) is 91.0 cm³/mol. The van der Waals surface area contributed by atoms with Crippen LogP contribution in [0.15, 0.2) is 39.5 Å². The molecule has 0 unspecified atom stereocenters. The van der Waals surface area contributed by atoms with Crippen LogP contribution < -0.4 is 10.9 Å². The number of nitrogens with zero attached hydrogens (tertiary/aromatic N) is 2. The van der Waals surface area contributed by atoms with E-state index in [1.807, 2.05) is 0 Å². The van der Waals surface area contributed by atoms with E-state index in [0.29, 0.717) is 28.2 Å². The lowest BCUT2D eigenvalue weighted by Gasteiger charge is -2.18. The molecule has 3 aromatic rings. The van der Waals surface area contributed by atoms with Crippen LogP contribution in [0.25, 0.3) is 11.1 Å². The number of halogens is 3. The summed E-state index contributed by atoms with van der Waals surface area (Å²) in [7, 11) is 0. The molecular formula is C18H16F3N3O2. The first kappa shape index (κ1) is 17.9. The first-order valence-corrected chi connectivity index (χ1v) is 7.88. The average molecular weight is 363 g/mol. The molecule has 0 amide bonds. The van der Waals surface area contributed by atoms with Crippen molar-refractivity contribution in [2.24, 2.45) is 0 Å². The highest BCUT2D eigenvalue weighted by atomic mass is 19.4. The third-order valence-electron chi connectivity index (χ3n) is 3.98. The second kappa shape index (κ2) is 6.44. The molecule has 3 rings (SSSR count). The summed E-state index contributed by atoms with van der Waals surface area (Å²) in [6.07, 6.45) is -4.41. The molecule has 0 saturated heterocycles. The number of aryl methyl sites for hydroxylation is 2. The molecule has 1 N–H and O–H groups in total. The number of aromatic nitrogens is 2. The lowest BCUT2D eigenvalue weighted by atomic mass is 10.0. The maximum Gasteiger partial charge on any atom is 0.416 e. The van der Waals surface area contributed by atoms with Gasteiger partial charge in [-0.05, 0) is 44.0 Å². The molecule has 0 radical (unpaired) electrons. The van der Waals surface area contributed by atoms with Gasteiger partial charge in [-0.15, -0.1) is 0 Å². The van der Waals surface area contributed by atoms with Crippen molar-refractivity contribution in [3.63, 3.8) is 0 Å². The highest BCUT2D eigenvalue weighted by molar-refractivity contribution is 5.88. The van der Waals surface area contributed by atoms with Gasteiger partial charge in [-0.25, -0.2) is 9.78 Å². The second-order valence-corrected chi connectivity index (χ2v) is 6.04. The summed E-state index contributed by atoms with van der Waals surface area (Å²) in [6.45, 7) is 5.09. The molecule has 0 aliphatic heterocycles. The summed E-state index contributed by atoms with van der Waals surface area (Å²) >= 11 is 0. The summed E-state index contributed by atoms with van der Waals surface area (Å²) in [5, 5.41) is 3.62. The van der Waals surface area contributed by atoms with Crippen LogP contribution in [0, 0.1) is 13.8 Å². The maximum atomic E-state index is 12.9. The van der Waals surface area contributed by atoms with Crippen molar-refractivity contribution in [1.82, 2.24) is 9.97 Å². The van der Waals surface area contributed by atoms with E-state index in [9.17, 15) is 18.0 Å². The van der Waals surface area contributed by atoms with Crippen LogP contribution in [0.3, 0.4) is 0 Å². The fourth-order valence-electron chi connectivity index (χ4n) is 2.73. The van der Waals surface area contributed by atoms with Crippen LogP contribution >= 0.6 is 0 Å². The van der Waals surface area contributed by atoms with Crippen LogP contribution in [-0.4, -0.2) is 9.97 Å². The van der Waals surface area contributed by atoms with E-state index in [4.69, 9.17) is 4.42 Å². The Morgan fingerprint density at radius 1 is 1.15 bits per heavy atom. The topological polar surface area (TPSA) is 68.0 Å². The highest BCUT2D eigenvalue weighted by Crippen LogP contribution is 2.32. The Morgan fingerprint density at radius 3 is 2.58 bits per heavy atom. The quantitative estimate of drug-likeness (QED) is 0.747. The summed E-state index contributed by atoms with van der Waals surface area (Å²) in [4.78, 5) is 20.0. The first-order chi connectivity index (χ1) is 12.1. The van der Waals surface area contributed by atoms with E-state index >= 15 is 0 Å². The van der Waals surface area contributed by atoms with Crippen molar-refractivity contribution in [2.45, 2.75) is 33.0 Å². The molecule has 2 aromatic heterocycles. The van der Waals surface area contributed by atoms with E-state index in [-0.39, 0.29) is 5.71 Å². The van der Waals surface area contributed by atoms with Crippen LogP contribution in [-0.2, 0) is 6.18 Å². The van der Waals surface area contributed by atoms with Crippen LogP contribution in [0.2, 0.25) is 0 Å². The van der Waals surface area contributed by atoms with Gasteiger partial charge in [-0.2, -0.15) is 18.2 Å². The van der Waals surface area contributed by atoms with E-state index in [2.05, 4.69) is 15.3 Å². The zero-order chi connectivity index (χ0) is 19.1. The molecule has 2 heterocycles. The summed E-state index contributed by atoms with van der Waals surface area (Å²) in [5.74, 6) is 0.781. The third-order valence-corrected chi connectivity index (χ3v) is 3.98. The summed E-state index contributed by atoms with van der Waals surface area (Å²) in [5.41, 5.74) is -0.0185. The van der Waals surface area contributed by atoms with Gasteiger partial charge in [-0.3, -0.25) is 0 Å². The third kappa shape index (κ3) is 3.54. The molecule has 0 spiro atoms. The molecular weight excluding hydrogens is 347 g/mol. The number of fused-ring (bicyclic) bond motifs is 1. The molecule has 0 aliphatic carbocycles. The van der Waals surface area contributed by atoms with Gasteiger partial charge in [0.1, 0.15) is 11.6 Å². The average Bonchev–Trinajstić information content (AvgIpc) is 2.52. The number of rotatable bonds is 3. The smallest absolute Gasteiger partial charge is 0.403 e. The van der Waals surface area contributed by atoms with Gasteiger partial charge in [-0.1, -0.05) is 12.1 Å². The highest BCUT2D eigenvalue weighted by Gasteiger charge is 2.30. The number of nitrogens with one attached hydrogen (secondary N) is 1. The molecule has 1 atom stereocenters. The normalized spacial score (nSPS) is 13.0. The minimum Gasteiger partial charge on any atom is -0.403 e. The van der Waals surface area contributed by atoms with Crippen molar-refractivity contribution in [1.29, 1.82) is 0 Å². The van der Waals surface area contributed by atoms with Crippen molar-refractivity contribution >= 4 is 16.9 Å². The Balaban J connectivity index is 2.03. The lowest BCUT2D eigenvalue weighted by molar-refractivity contribution is -0.137. The molecule has 26 heavy (non-hydrogen) atoms. The SMILES string of the molecule is Cc1nc(N[C@H](C)c2cccc(C(F)(F)F)c2)c2c(C)cc(=O)oc2n1. The molecule has 0 saturated carbocycles. The van der Waals surface area contributed by atoms with E-state index in [0.717, 1.165) is 12.1 Å². The fraction of sp³-hybridized carbons (Fsp3) is 0.278. The second-order valence-electron chi connectivity index (χ2n) is 6.04. The van der Waals surface area contributed by atoms with E-state index < -0.39 is 23.4 Å². The van der Waals surface area contributed by atoms with E-state index in [1.54, 1.807) is 26.8 Å². The number of hydrogen-bond donors (Lipinski definition) is 1. The van der Waals surface area contributed by atoms with Crippen molar-refractivity contribution in [2.75, 3.05) is 5.32 Å². The molecule has 0 aliphatic rings. The van der Waals surface area contributed by atoms with Crippen molar-refractivity contribution in [3.8, 4) is 0 Å². The molecule has 8 heteroatoms. The predicted octanol–water partition coefficient (Wildman–Crippen LogP) is 4.39. The number of hydrogen-bond acceptors (Lipinski definition) is 5. The molecule has 136 valence electrons. The molecule has 1 aromatic carbocycles. The first-order valence-electron chi connectivity index (χ1n) is 7.88. The van der Waals surface area contributed by atoms with Gasteiger partial charge >= 0.3 is 11.8 Å². The van der Waals surface area contributed by atoms with Crippen molar-refractivity contribution in [3.05, 3.63) is 63.3 Å². The number of benzene rings is 1. The van der Waals surface area contributed by atoms with Gasteiger partial charge in [0.2, 0.25) is 5.71 Å². The Bertz CT molecular complexity index is 1030. The number of anilines is 1. The van der Waals surface area contributed by atoms with Gasteiger partial charge in [0.25, 0.3) is 0 Å². The standard InChI is InChI=1S/C18H16F3N3O2/c1-9-7-14(25)26-17-15(9)16(23-11(3)24-17)22-10(2)12-5-4-6-13(8-12)18(19,20)21/h4-8,10H,1-3H3,(H,22,23,24)/t10-/m1/s1. The fourth-order valence-corrected chi connectivity index (χ4v) is 2.73. The summed E-state index contributed by atoms with van der Waals surface area (Å²) < 4.78 is 43.9. The van der Waals surface area contributed by atoms with Crippen molar-refractivity contribution < 1.29 is 17.6 Å². The Hall–Kier alpha value is -2.90. The Kier molecular flexibility index (Phi) is 4.43. The zero-order valence-corrected chi connectivity index (χ0v) is 14.3.